The van der Waals surface area contributed by atoms with E-state index in [0.717, 1.165) is 77.1 Å². The Morgan fingerprint density at radius 1 is 0.547 bits per heavy atom. The van der Waals surface area contributed by atoms with E-state index >= 15 is 4.79 Å². The number of rotatable bonds is 3. The fourth-order valence-corrected chi connectivity index (χ4v) is 11.1. The molecule has 3 aliphatic carbocycles. The summed E-state index contributed by atoms with van der Waals surface area (Å²) >= 11 is 0. The molecule has 2 atom stereocenters. The quantitative estimate of drug-likeness (QED) is 0.104. The summed E-state index contributed by atoms with van der Waals surface area (Å²) in [7, 11) is 0. The number of amides is 2. The van der Waals surface area contributed by atoms with Gasteiger partial charge < -0.3 is 31.7 Å². The van der Waals surface area contributed by atoms with Gasteiger partial charge in [0.05, 0.1) is 27.9 Å². The molecule has 2 spiro atoms. The van der Waals surface area contributed by atoms with Crippen molar-refractivity contribution in [2.24, 2.45) is 4.99 Å². The number of aliphatic hydroxyl groups is 1. The average molecular weight is 833 g/mol. The molecule has 0 saturated heterocycles. The molecule has 2 heterocycles. The van der Waals surface area contributed by atoms with Crippen molar-refractivity contribution >= 4 is 78.7 Å². The van der Waals surface area contributed by atoms with E-state index in [1.165, 1.54) is 13.8 Å². The molecule has 10 heteroatoms. The highest BCUT2D eigenvalue weighted by molar-refractivity contribution is 6.52. The summed E-state index contributed by atoms with van der Waals surface area (Å²) in [5.74, 6) is -0.730. The molecule has 13 rings (SSSR count). The van der Waals surface area contributed by atoms with Gasteiger partial charge in [0.1, 0.15) is 5.76 Å². The second kappa shape index (κ2) is 12.5. The molecule has 2 amide bonds. The van der Waals surface area contributed by atoms with Crippen molar-refractivity contribution in [3.05, 3.63) is 190 Å². The van der Waals surface area contributed by atoms with Crippen LogP contribution in [0.25, 0.3) is 54.9 Å². The van der Waals surface area contributed by atoms with Crippen LogP contribution in [0.4, 0.5) is 28.4 Å². The van der Waals surface area contributed by atoms with Crippen LogP contribution in [0.3, 0.4) is 0 Å². The van der Waals surface area contributed by atoms with E-state index in [2.05, 4.69) is 44.8 Å². The standard InChI is InChI=1S/C54H36N6O4/c1-27(61)55-39-19-9-17-37-45(39)31-13-3-5-15-35(31)53(37)57-41-21-7-11-29-23-25-33(49(59-53)43(29)41)47-51(63)48(52(47)64)34-26-24-30-12-8-22-42-44(30)50(34)60-54(58-42)36-16-6-4-14-32(36)46-38(54)18-10-20-40(46)56-28(2)62/h3-26,57,59-60,63H,1-2H3,(H,55,61)(H,56,62)/b48-34+. The van der Waals surface area contributed by atoms with Gasteiger partial charge in [-0.25, -0.2) is 4.99 Å². The van der Waals surface area contributed by atoms with E-state index in [0.29, 0.717) is 33.5 Å². The molecule has 10 nitrogen and oxygen atoms in total. The first kappa shape index (κ1) is 36.2. The Bertz CT molecular complexity index is 3720. The fourth-order valence-electron chi connectivity index (χ4n) is 11.1. The lowest BCUT2D eigenvalue weighted by Gasteiger charge is -2.41. The van der Waals surface area contributed by atoms with Crippen LogP contribution in [0.15, 0.2) is 156 Å². The molecule has 8 aromatic rings. The molecule has 0 saturated carbocycles. The highest BCUT2D eigenvalue weighted by atomic mass is 16.3. The average Bonchev–Trinajstić information content (AvgIpc) is 3.71. The van der Waals surface area contributed by atoms with Gasteiger partial charge in [-0.3, -0.25) is 14.4 Å². The highest BCUT2D eigenvalue weighted by Crippen LogP contribution is 2.57. The lowest BCUT2D eigenvalue weighted by molar-refractivity contribution is -0.115. The Hall–Kier alpha value is -8.50. The number of Topliss-reactive ketones (excluding diaryl/α,β-unsaturated/α-hetero) is 1. The molecular formula is C54H36N6O4. The van der Waals surface area contributed by atoms with Crippen LogP contribution in [-0.4, -0.2) is 22.7 Å². The number of allylic oxidation sites excluding steroid dienone is 2. The minimum atomic E-state index is -1.11. The smallest absolute Gasteiger partial charge is 0.221 e. The lowest BCUT2D eigenvalue weighted by Crippen LogP contribution is -2.45. The van der Waals surface area contributed by atoms with Gasteiger partial charge in [-0.1, -0.05) is 121 Å². The number of aliphatic hydroxyl groups excluding tert-OH is 1. The minimum Gasteiger partial charge on any atom is -0.506 e. The van der Waals surface area contributed by atoms with E-state index in [1.807, 2.05) is 127 Å². The van der Waals surface area contributed by atoms with Crippen LogP contribution in [0.2, 0.25) is 0 Å². The van der Waals surface area contributed by atoms with Crippen molar-refractivity contribution in [1.82, 2.24) is 0 Å². The number of anilines is 5. The number of hydrogen-bond donors (Lipinski definition) is 6. The predicted octanol–water partition coefficient (Wildman–Crippen LogP) is 9.26. The zero-order valence-electron chi connectivity index (χ0n) is 34.5. The third-order valence-electron chi connectivity index (χ3n) is 13.5. The number of fused-ring (bicyclic) bond motifs is 10. The maximum absolute atomic E-state index is 15.1. The minimum absolute atomic E-state index is 0.0979. The van der Waals surface area contributed by atoms with Gasteiger partial charge in [0.2, 0.25) is 17.6 Å². The van der Waals surface area contributed by atoms with E-state index in [1.54, 1.807) is 0 Å². The van der Waals surface area contributed by atoms with Gasteiger partial charge in [-0.05, 0) is 46.2 Å². The first-order valence-electron chi connectivity index (χ1n) is 21.2. The normalized spacial score (nSPS) is 19.8. The first-order valence-corrected chi connectivity index (χ1v) is 21.2. The molecular weight excluding hydrogens is 797 g/mol. The Labute approximate surface area is 365 Å². The second-order valence-electron chi connectivity index (χ2n) is 17.0. The molecule has 0 fully saturated rings. The molecule has 0 aromatic heterocycles. The third-order valence-corrected chi connectivity index (χ3v) is 13.5. The number of hydrogen-bond acceptors (Lipinski definition) is 8. The van der Waals surface area contributed by atoms with E-state index in [9.17, 15) is 14.7 Å². The van der Waals surface area contributed by atoms with Gasteiger partial charge in [0.25, 0.3) is 0 Å². The predicted molar refractivity (Wildman–Crippen MR) is 251 cm³/mol. The van der Waals surface area contributed by atoms with Gasteiger partial charge >= 0.3 is 0 Å². The van der Waals surface area contributed by atoms with Crippen molar-refractivity contribution < 1.29 is 19.5 Å². The number of nitrogens with zero attached hydrogens (tertiary/aromatic N) is 1. The van der Waals surface area contributed by atoms with Crippen molar-refractivity contribution in [3.8, 4) is 22.3 Å². The molecule has 5 aliphatic rings. The molecule has 6 N–H and O–H groups in total. The summed E-state index contributed by atoms with van der Waals surface area (Å²) in [4.78, 5) is 45.4. The second-order valence-corrected chi connectivity index (χ2v) is 17.0. The Morgan fingerprint density at radius 2 is 1.16 bits per heavy atom. The molecule has 2 unspecified atom stereocenters. The molecule has 64 heavy (non-hydrogen) atoms. The van der Waals surface area contributed by atoms with Crippen molar-refractivity contribution in [2.75, 3.05) is 26.6 Å². The lowest BCUT2D eigenvalue weighted by atomic mass is 9.79. The summed E-state index contributed by atoms with van der Waals surface area (Å²) in [5, 5.41) is 35.0. The largest absolute Gasteiger partial charge is 0.506 e. The zero-order valence-corrected chi connectivity index (χ0v) is 34.5. The van der Waals surface area contributed by atoms with Crippen molar-refractivity contribution in [1.29, 1.82) is 0 Å². The Kier molecular flexibility index (Phi) is 7.09. The van der Waals surface area contributed by atoms with Crippen LogP contribution in [0.1, 0.15) is 41.7 Å². The molecule has 2 aliphatic heterocycles. The number of benzene rings is 8. The van der Waals surface area contributed by atoms with Crippen LogP contribution in [0.5, 0.6) is 0 Å². The van der Waals surface area contributed by atoms with Crippen LogP contribution in [-0.2, 0) is 25.7 Å². The number of carbonyl (C=O) groups excluding carboxylic acids is 3. The summed E-state index contributed by atoms with van der Waals surface area (Å²) in [6, 6.07) is 47.7. The Morgan fingerprint density at radius 3 is 1.89 bits per heavy atom. The first-order chi connectivity index (χ1) is 31.2. The third kappa shape index (κ3) is 4.58. The molecule has 0 radical (unpaired) electrons. The van der Waals surface area contributed by atoms with E-state index in [-0.39, 0.29) is 34.5 Å². The van der Waals surface area contributed by atoms with Gasteiger partial charge in [0, 0.05) is 85.8 Å². The van der Waals surface area contributed by atoms with Crippen molar-refractivity contribution in [2.45, 2.75) is 25.2 Å². The van der Waals surface area contributed by atoms with Crippen LogP contribution < -0.4 is 37.2 Å². The summed E-state index contributed by atoms with van der Waals surface area (Å²) < 4.78 is 0. The monoisotopic (exact) mass is 832 g/mol. The number of ketones is 1. The van der Waals surface area contributed by atoms with E-state index < -0.39 is 11.3 Å². The highest BCUT2D eigenvalue weighted by Gasteiger charge is 2.50. The topological polar surface area (TPSA) is 144 Å². The summed E-state index contributed by atoms with van der Waals surface area (Å²) in [5.41, 5.74) is 9.88. The maximum Gasteiger partial charge on any atom is 0.221 e. The van der Waals surface area contributed by atoms with Crippen LogP contribution in [0, 0.1) is 0 Å². The van der Waals surface area contributed by atoms with Crippen LogP contribution >= 0.6 is 0 Å². The fraction of sp³-hybridized carbons (Fsp3) is 0.0741. The maximum atomic E-state index is 15.1. The summed E-state index contributed by atoms with van der Waals surface area (Å²) in [6.07, 6.45) is 0. The molecule has 8 aromatic carbocycles. The summed E-state index contributed by atoms with van der Waals surface area (Å²) in [6.45, 7) is 3.00. The van der Waals surface area contributed by atoms with Gasteiger partial charge in [-0.2, -0.15) is 0 Å². The van der Waals surface area contributed by atoms with Gasteiger partial charge in [0.15, 0.2) is 11.3 Å². The number of nitrogens with one attached hydrogen (secondary N) is 5. The Balaban J connectivity index is 1.02. The zero-order chi connectivity index (χ0) is 43.2. The number of carbonyl (C=O) groups is 3. The molecule has 0 bridgehead atoms. The SMILES string of the molecule is CC(=O)Nc1cccc2c1-c1ccccc1C21N=c2cccc3cc/c(=C4\C(=O)C(c5ccc6cccc7c6c5NC5(N7)c6ccccc6-c6c(NC(C)=O)cccc65)=C4O)c(c23)N1. The van der Waals surface area contributed by atoms with Gasteiger partial charge in [-0.15, -0.1) is 0 Å². The van der Waals surface area contributed by atoms with E-state index in [4.69, 9.17) is 4.99 Å². The molecule has 306 valence electrons. The van der Waals surface area contributed by atoms with Crippen molar-refractivity contribution in [3.63, 3.8) is 0 Å².